The van der Waals surface area contributed by atoms with Crippen molar-refractivity contribution < 1.29 is 4.79 Å². The van der Waals surface area contributed by atoms with Crippen molar-refractivity contribution in [2.24, 2.45) is 5.41 Å². The van der Waals surface area contributed by atoms with Gasteiger partial charge in [0, 0.05) is 6.20 Å². The van der Waals surface area contributed by atoms with Crippen LogP contribution in [0, 0.1) is 12.3 Å². The number of hydrogen-bond donors (Lipinski definition) is 0. The van der Waals surface area contributed by atoms with Crippen LogP contribution in [-0.4, -0.2) is 25.4 Å². The molecule has 0 bridgehead atoms. The highest BCUT2D eigenvalue weighted by Crippen LogP contribution is 2.40. The maximum atomic E-state index is 12.6. The van der Waals surface area contributed by atoms with E-state index in [1.807, 2.05) is 29.8 Å². The number of halogens is 1. The summed E-state index contributed by atoms with van der Waals surface area (Å²) in [7, 11) is 0. The van der Waals surface area contributed by atoms with Gasteiger partial charge in [0.25, 0.3) is 0 Å². The van der Waals surface area contributed by atoms with Crippen LogP contribution in [0.15, 0.2) is 24.4 Å². The molecular formula is C15H16BrN3O. The van der Waals surface area contributed by atoms with Gasteiger partial charge in [-0.25, -0.2) is 9.67 Å². The zero-order valence-corrected chi connectivity index (χ0v) is 13.3. The molecule has 1 aliphatic carbocycles. The zero-order chi connectivity index (χ0) is 14.5. The van der Waals surface area contributed by atoms with Gasteiger partial charge >= 0.3 is 0 Å². The minimum absolute atomic E-state index is 0.121. The quantitative estimate of drug-likeness (QED) is 0.753. The number of carbonyl (C=O) groups is 1. The van der Waals surface area contributed by atoms with Crippen LogP contribution in [0.2, 0.25) is 0 Å². The average molecular weight is 334 g/mol. The first kappa shape index (κ1) is 13.5. The lowest BCUT2D eigenvalue weighted by Gasteiger charge is -2.34. The van der Waals surface area contributed by atoms with Crippen molar-refractivity contribution in [1.82, 2.24) is 14.8 Å². The Labute approximate surface area is 126 Å². The van der Waals surface area contributed by atoms with Gasteiger partial charge in [-0.15, -0.1) is 0 Å². The molecule has 0 spiro atoms. The van der Waals surface area contributed by atoms with Gasteiger partial charge in [-0.05, 0) is 30.9 Å². The van der Waals surface area contributed by atoms with Crippen molar-refractivity contribution >= 4 is 21.7 Å². The summed E-state index contributed by atoms with van der Waals surface area (Å²) in [6.07, 6.45) is 2.53. The van der Waals surface area contributed by atoms with E-state index in [0.717, 1.165) is 29.2 Å². The molecule has 0 radical (unpaired) electrons. The molecule has 5 heteroatoms. The summed E-state index contributed by atoms with van der Waals surface area (Å²) in [5, 5.41) is 4.53. The second-order valence-electron chi connectivity index (χ2n) is 5.90. The molecule has 0 fully saturated rings. The van der Waals surface area contributed by atoms with Gasteiger partial charge in [0.2, 0.25) is 0 Å². The van der Waals surface area contributed by atoms with E-state index < -0.39 is 0 Å². The summed E-state index contributed by atoms with van der Waals surface area (Å²) in [6.45, 7) is 6.07. The topological polar surface area (TPSA) is 47.8 Å². The van der Waals surface area contributed by atoms with E-state index in [9.17, 15) is 4.79 Å². The van der Waals surface area contributed by atoms with E-state index in [1.54, 1.807) is 6.20 Å². The smallest absolute Gasteiger partial charge is 0.180 e. The number of ketones is 1. The van der Waals surface area contributed by atoms with Crippen LogP contribution in [0.25, 0.3) is 5.82 Å². The third-order valence-corrected chi connectivity index (χ3v) is 5.46. The highest BCUT2D eigenvalue weighted by Gasteiger charge is 2.43. The van der Waals surface area contributed by atoms with Gasteiger partial charge in [-0.3, -0.25) is 4.79 Å². The second kappa shape index (κ2) is 4.52. The fourth-order valence-electron chi connectivity index (χ4n) is 2.73. The molecule has 20 heavy (non-hydrogen) atoms. The standard InChI is InChI=1S/C15H16BrN3O/c1-9-12-10(8-15(2,3)14(16)13(12)20)19(18-9)11-6-4-5-7-17-11/h4-7,14H,8H2,1-3H3/t14-/m0/s1. The fraction of sp³-hybridized carbons (Fsp3) is 0.400. The number of fused-ring (bicyclic) bond motifs is 1. The first-order chi connectivity index (χ1) is 9.42. The molecule has 4 nitrogen and oxygen atoms in total. The van der Waals surface area contributed by atoms with Crippen LogP contribution < -0.4 is 0 Å². The molecule has 2 aromatic rings. The van der Waals surface area contributed by atoms with E-state index in [2.05, 4.69) is 39.9 Å². The normalized spacial score (nSPS) is 20.8. The molecule has 2 aromatic heterocycles. The summed E-state index contributed by atoms with van der Waals surface area (Å²) >= 11 is 3.54. The van der Waals surface area contributed by atoms with Crippen LogP contribution in [0.1, 0.15) is 35.6 Å². The molecule has 0 aromatic carbocycles. The molecule has 0 N–H and O–H groups in total. The zero-order valence-electron chi connectivity index (χ0n) is 11.7. The van der Waals surface area contributed by atoms with Crippen LogP contribution in [0.3, 0.4) is 0 Å². The number of aromatic nitrogens is 3. The minimum atomic E-state index is -0.164. The van der Waals surface area contributed by atoms with Crippen molar-refractivity contribution in [1.29, 1.82) is 0 Å². The molecule has 0 unspecified atom stereocenters. The van der Waals surface area contributed by atoms with E-state index in [0.29, 0.717) is 0 Å². The maximum Gasteiger partial charge on any atom is 0.180 e. The van der Waals surface area contributed by atoms with Gasteiger partial charge in [-0.2, -0.15) is 5.10 Å². The highest BCUT2D eigenvalue weighted by molar-refractivity contribution is 9.10. The molecule has 1 atom stereocenters. The Kier molecular flexibility index (Phi) is 3.05. The van der Waals surface area contributed by atoms with Crippen LogP contribution >= 0.6 is 15.9 Å². The molecule has 0 amide bonds. The number of rotatable bonds is 1. The number of alkyl halides is 1. The summed E-state index contributed by atoms with van der Waals surface area (Å²) in [5.41, 5.74) is 2.35. The predicted octanol–water partition coefficient (Wildman–Crippen LogP) is 3.10. The molecule has 1 aliphatic rings. The lowest BCUT2D eigenvalue weighted by molar-refractivity contribution is 0.0927. The van der Waals surface area contributed by atoms with Crippen molar-refractivity contribution in [2.45, 2.75) is 32.0 Å². The van der Waals surface area contributed by atoms with Gasteiger partial charge in [0.15, 0.2) is 11.6 Å². The van der Waals surface area contributed by atoms with Crippen molar-refractivity contribution in [2.75, 3.05) is 0 Å². The minimum Gasteiger partial charge on any atom is -0.293 e. The first-order valence-electron chi connectivity index (χ1n) is 6.60. The third-order valence-electron chi connectivity index (χ3n) is 3.81. The third kappa shape index (κ3) is 1.92. The van der Waals surface area contributed by atoms with Gasteiger partial charge in [0.05, 0.1) is 21.8 Å². The Morgan fingerprint density at radius 3 is 2.80 bits per heavy atom. The molecule has 2 heterocycles. The Morgan fingerprint density at radius 1 is 1.40 bits per heavy atom. The number of aryl methyl sites for hydroxylation is 1. The Hall–Kier alpha value is -1.49. The Balaban J connectivity index is 2.21. The van der Waals surface area contributed by atoms with Crippen LogP contribution in [0.4, 0.5) is 0 Å². The number of pyridine rings is 1. The molecule has 104 valence electrons. The summed E-state index contributed by atoms with van der Waals surface area (Å²) in [5.74, 6) is 0.879. The Morgan fingerprint density at radius 2 is 2.15 bits per heavy atom. The molecule has 0 saturated carbocycles. The number of Topliss-reactive ketones (excluding diaryl/α,β-unsaturated/α-hetero) is 1. The van der Waals surface area contributed by atoms with Gasteiger partial charge < -0.3 is 0 Å². The largest absolute Gasteiger partial charge is 0.293 e. The van der Waals surface area contributed by atoms with Gasteiger partial charge in [0.1, 0.15) is 0 Å². The van der Waals surface area contributed by atoms with Gasteiger partial charge in [-0.1, -0.05) is 35.8 Å². The number of carbonyl (C=O) groups excluding carboxylic acids is 1. The SMILES string of the molecule is Cc1nn(-c2ccccn2)c2c1C(=O)[C@H](Br)C(C)(C)C2. The monoisotopic (exact) mass is 333 g/mol. The maximum absolute atomic E-state index is 12.6. The summed E-state index contributed by atoms with van der Waals surface area (Å²) in [6, 6.07) is 5.70. The average Bonchev–Trinajstić information content (AvgIpc) is 2.73. The molecular weight excluding hydrogens is 318 g/mol. The second-order valence-corrected chi connectivity index (χ2v) is 6.81. The number of nitrogens with zero attached hydrogens (tertiary/aromatic N) is 3. The first-order valence-corrected chi connectivity index (χ1v) is 7.51. The number of hydrogen-bond acceptors (Lipinski definition) is 3. The molecule has 0 saturated heterocycles. The predicted molar refractivity (Wildman–Crippen MR) is 80.6 cm³/mol. The van der Waals surface area contributed by atoms with Crippen LogP contribution in [-0.2, 0) is 6.42 Å². The molecule has 3 rings (SSSR count). The lowest BCUT2D eigenvalue weighted by atomic mass is 9.75. The van der Waals surface area contributed by atoms with Crippen molar-refractivity contribution in [3.8, 4) is 5.82 Å². The van der Waals surface area contributed by atoms with Crippen LogP contribution in [0.5, 0.6) is 0 Å². The van der Waals surface area contributed by atoms with E-state index in [-0.39, 0.29) is 16.0 Å². The van der Waals surface area contributed by atoms with Crippen molar-refractivity contribution in [3.63, 3.8) is 0 Å². The summed E-state index contributed by atoms with van der Waals surface area (Å²) < 4.78 is 1.81. The van der Waals surface area contributed by atoms with E-state index >= 15 is 0 Å². The lowest BCUT2D eigenvalue weighted by Crippen LogP contribution is -2.39. The Bertz CT molecular complexity index is 676. The fourth-order valence-corrected chi connectivity index (χ4v) is 3.12. The summed E-state index contributed by atoms with van der Waals surface area (Å²) in [4.78, 5) is 16.8. The molecule has 0 aliphatic heterocycles. The van der Waals surface area contributed by atoms with E-state index in [1.165, 1.54) is 0 Å². The van der Waals surface area contributed by atoms with E-state index in [4.69, 9.17) is 0 Å². The highest BCUT2D eigenvalue weighted by atomic mass is 79.9. The van der Waals surface area contributed by atoms with Crippen molar-refractivity contribution in [3.05, 3.63) is 41.3 Å².